The van der Waals surface area contributed by atoms with E-state index in [0.717, 1.165) is 24.4 Å². The maximum absolute atomic E-state index is 13.1. The molecule has 3 aromatic rings. The van der Waals surface area contributed by atoms with Crippen molar-refractivity contribution in [1.82, 2.24) is 14.4 Å². The third-order valence-corrected chi connectivity index (χ3v) is 6.62. The topological polar surface area (TPSA) is 79.8 Å². The van der Waals surface area contributed by atoms with Crippen molar-refractivity contribution in [2.24, 2.45) is 0 Å². The molecule has 1 aliphatic rings. The highest BCUT2D eigenvalue weighted by Crippen LogP contribution is 2.22. The van der Waals surface area contributed by atoms with Gasteiger partial charge in [-0.25, -0.2) is 12.8 Å². The molecule has 1 fully saturated rings. The molecule has 28 heavy (non-hydrogen) atoms. The lowest BCUT2D eigenvalue weighted by atomic mass is 10.3. The minimum absolute atomic E-state index is 0.113. The Balaban J connectivity index is 1.40. The fourth-order valence-electron chi connectivity index (χ4n) is 3.25. The van der Waals surface area contributed by atoms with Crippen molar-refractivity contribution in [1.29, 1.82) is 0 Å². The molecule has 0 amide bonds. The van der Waals surface area contributed by atoms with Gasteiger partial charge in [0.1, 0.15) is 5.82 Å². The van der Waals surface area contributed by atoms with Gasteiger partial charge in [0.05, 0.1) is 16.9 Å². The van der Waals surface area contributed by atoms with E-state index >= 15 is 0 Å². The predicted octanol–water partition coefficient (Wildman–Crippen LogP) is 2.97. The second-order valence-electron chi connectivity index (χ2n) is 6.65. The van der Waals surface area contributed by atoms with Crippen LogP contribution in [-0.4, -0.2) is 49.0 Å². The number of hydrogen-bond donors (Lipinski definition) is 0. The molecule has 0 spiro atoms. The summed E-state index contributed by atoms with van der Waals surface area (Å²) in [6.45, 7) is 2.67. The van der Waals surface area contributed by atoms with Crippen LogP contribution in [0.25, 0.3) is 11.5 Å². The van der Waals surface area contributed by atoms with E-state index in [0.29, 0.717) is 44.1 Å². The van der Waals surface area contributed by atoms with Crippen LogP contribution < -0.4 is 0 Å². The van der Waals surface area contributed by atoms with Crippen LogP contribution >= 0.6 is 0 Å². The average molecular weight is 405 g/mol. The summed E-state index contributed by atoms with van der Waals surface area (Å²) in [4.78, 5) is 2.26. The lowest BCUT2D eigenvalue weighted by molar-refractivity contribution is 0.269. The molecule has 0 aliphatic carbocycles. The third-order valence-electron chi connectivity index (χ3n) is 4.71. The Morgan fingerprint density at radius 3 is 2.61 bits per heavy atom. The normalized spacial score (nSPS) is 16.9. The van der Waals surface area contributed by atoms with Crippen molar-refractivity contribution < 1.29 is 21.7 Å². The number of aromatic nitrogens is 1. The monoisotopic (exact) mass is 405 g/mol. The van der Waals surface area contributed by atoms with Crippen molar-refractivity contribution in [2.45, 2.75) is 17.9 Å². The molecule has 0 radical (unpaired) electrons. The van der Waals surface area contributed by atoms with Gasteiger partial charge in [0, 0.05) is 32.2 Å². The zero-order valence-corrected chi connectivity index (χ0v) is 15.9. The fourth-order valence-corrected chi connectivity index (χ4v) is 4.72. The number of hydrogen-bond acceptors (Lipinski definition) is 6. The van der Waals surface area contributed by atoms with E-state index in [1.54, 1.807) is 18.4 Å². The van der Waals surface area contributed by atoms with Gasteiger partial charge >= 0.3 is 0 Å². The Morgan fingerprint density at radius 1 is 1.04 bits per heavy atom. The smallest absolute Gasteiger partial charge is 0.243 e. The first kappa shape index (κ1) is 18.9. The zero-order chi connectivity index (χ0) is 19.6. The number of furan rings is 1. The standard InChI is InChI=1S/C19H20FN3O4S/c20-15-4-6-17(7-5-15)28(24,25)23-9-2-8-22(10-11-23)14-16-13-19(27-21-16)18-3-1-12-26-18/h1,3-7,12-13H,2,8-11,14H2. The van der Waals surface area contributed by atoms with Gasteiger partial charge in [-0.1, -0.05) is 5.16 Å². The number of benzene rings is 1. The summed E-state index contributed by atoms with van der Waals surface area (Å²) in [5, 5.41) is 4.08. The Morgan fingerprint density at radius 2 is 1.86 bits per heavy atom. The third kappa shape index (κ3) is 4.01. The fraction of sp³-hybridized carbons (Fsp3) is 0.316. The molecule has 0 bridgehead atoms. The Kier molecular flexibility index (Phi) is 5.29. The van der Waals surface area contributed by atoms with Crippen molar-refractivity contribution >= 4 is 10.0 Å². The van der Waals surface area contributed by atoms with E-state index in [-0.39, 0.29) is 4.90 Å². The number of halogens is 1. The molecule has 1 aromatic carbocycles. The summed E-state index contributed by atoms with van der Waals surface area (Å²) in [5.74, 6) is 0.726. The van der Waals surface area contributed by atoms with Crippen LogP contribution in [0.1, 0.15) is 12.1 Å². The molecule has 3 heterocycles. The van der Waals surface area contributed by atoms with E-state index < -0.39 is 15.8 Å². The molecule has 0 unspecified atom stereocenters. The molecular formula is C19H20FN3O4S. The molecule has 1 aliphatic heterocycles. The maximum Gasteiger partial charge on any atom is 0.243 e. The van der Waals surface area contributed by atoms with Crippen molar-refractivity contribution in [3.05, 3.63) is 60.2 Å². The first-order chi connectivity index (χ1) is 13.5. The molecular weight excluding hydrogens is 385 g/mol. The first-order valence-electron chi connectivity index (χ1n) is 9.00. The molecule has 0 saturated carbocycles. The molecule has 0 N–H and O–H groups in total. The van der Waals surface area contributed by atoms with Crippen LogP contribution in [0, 0.1) is 5.82 Å². The molecule has 9 heteroatoms. The van der Waals surface area contributed by atoms with Crippen LogP contribution in [0.5, 0.6) is 0 Å². The van der Waals surface area contributed by atoms with Gasteiger partial charge in [-0.3, -0.25) is 4.90 Å². The Hall–Kier alpha value is -2.49. The largest absolute Gasteiger partial charge is 0.461 e. The summed E-state index contributed by atoms with van der Waals surface area (Å²) in [5.41, 5.74) is 0.765. The summed E-state index contributed by atoms with van der Waals surface area (Å²) >= 11 is 0. The highest BCUT2D eigenvalue weighted by molar-refractivity contribution is 7.89. The molecule has 148 valence electrons. The molecule has 7 nitrogen and oxygen atoms in total. The minimum atomic E-state index is -3.63. The van der Waals surface area contributed by atoms with Crippen molar-refractivity contribution in [2.75, 3.05) is 26.2 Å². The van der Waals surface area contributed by atoms with E-state index in [9.17, 15) is 12.8 Å². The Labute approximate surface area is 162 Å². The molecule has 4 rings (SSSR count). The van der Waals surface area contributed by atoms with Gasteiger partial charge in [-0.05, 0) is 49.4 Å². The Bertz CT molecular complexity index is 1020. The van der Waals surface area contributed by atoms with E-state index in [4.69, 9.17) is 8.94 Å². The number of nitrogens with zero attached hydrogens (tertiary/aromatic N) is 3. The summed E-state index contributed by atoms with van der Waals surface area (Å²) in [6.07, 6.45) is 2.27. The highest BCUT2D eigenvalue weighted by Gasteiger charge is 2.27. The van der Waals surface area contributed by atoms with E-state index in [2.05, 4.69) is 10.1 Å². The predicted molar refractivity (Wildman–Crippen MR) is 99.3 cm³/mol. The van der Waals surface area contributed by atoms with E-state index in [1.807, 2.05) is 6.07 Å². The zero-order valence-electron chi connectivity index (χ0n) is 15.1. The second-order valence-corrected chi connectivity index (χ2v) is 8.59. The van der Waals surface area contributed by atoms with Crippen LogP contribution in [0.2, 0.25) is 0 Å². The van der Waals surface area contributed by atoms with Gasteiger partial charge in [0.15, 0.2) is 5.76 Å². The van der Waals surface area contributed by atoms with Gasteiger partial charge in [-0.2, -0.15) is 4.31 Å². The van der Waals surface area contributed by atoms with Crippen molar-refractivity contribution in [3.63, 3.8) is 0 Å². The lowest BCUT2D eigenvalue weighted by Gasteiger charge is -2.21. The molecule has 1 saturated heterocycles. The van der Waals surface area contributed by atoms with Gasteiger partial charge in [0.25, 0.3) is 0 Å². The lowest BCUT2D eigenvalue weighted by Crippen LogP contribution is -2.35. The van der Waals surface area contributed by atoms with Crippen molar-refractivity contribution in [3.8, 4) is 11.5 Å². The minimum Gasteiger partial charge on any atom is -0.461 e. The van der Waals surface area contributed by atoms with Crippen LogP contribution in [-0.2, 0) is 16.6 Å². The van der Waals surface area contributed by atoms with Crippen LogP contribution in [0.4, 0.5) is 4.39 Å². The second kappa shape index (κ2) is 7.86. The summed E-state index contributed by atoms with van der Waals surface area (Å²) < 4.78 is 50.8. The highest BCUT2D eigenvalue weighted by atomic mass is 32.2. The molecule has 2 aromatic heterocycles. The quantitative estimate of drug-likeness (QED) is 0.649. The van der Waals surface area contributed by atoms with Gasteiger partial charge < -0.3 is 8.94 Å². The van der Waals surface area contributed by atoms with Gasteiger partial charge in [0.2, 0.25) is 15.8 Å². The van der Waals surface area contributed by atoms with Crippen LogP contribution in [0.15, 0.2) is 62.6 Å². The average Bonchev–Trinajstić information content (AvgIpc) is 3.31. The first-order valence-corrected chi connectivity index (χ1v) is 10.4. The van der Waals surface area contributed by atoms with E-state index in [1.165, 1.54) is 16.4 Å². The molecule has 0 atom stereocenters. The summed E-state index contributed by atoms with van der Waals surface area (Å²) in [7, 11) is -3.63. The van der Waals surface area contributed by atoms with Gasteiger partial charge in [-0.15, -0.1) is 0 Å². The maximum atomic E-state index is 13.1. The summed E-state index contributed by atoms with van der Waals surface area (Å²) in [6, 6.07) is 10.3. The number of sulfonamides is 1. The van der Waals surface area contributed by atoms with Crippen LogP contribution in [0.3, 0.4) is 0 Å². The SMILES string of the molecule is O=S(=O)(c1ccc(F)cc1)N1CCCN(Cc2cc(-c3ccco3)on2)CC1. The number of rotatable bonds is 5.